The highest BCUT2D eigenvalue weighted by atomic mass is 35.5. The Morgan fingerprint density at radius 2 is 2.27 bits per heavy atom. The standard InChI is InChI=1S/C15H21N3O3.ClH/c1-11-4-2-6-13(14(11)18(20)21)15(19)17-9-7-12-5-3-8-16-10-12;/h2,4,6,12,16H,3,5,7-10H2,1H3,(H,17,19);1H. The zero-order valence-corrected chi connectivity index (χ0v) is 13.4. The third-order valence-electron chi connectivity index (χ3n) is 3.90. The van der Waals surface area contributed by atoms with Crippen LogP contribution in [0.1, 0.15) is 35.2 Å². The highest BCUT2D eigenvalue weighted by Crippen LogP contribution is 2.23. The molecule has 1 fully saturated rings. The van der Waals surface area contributed by atoms with E-state index < -0.39 is 4.92 Å². The monoisotopic (exact) mass is 327 g/mol. The number of nitro benzene ring substituents is 1. The molecule has 1 atom stereocenters. The molecule has 122 valence electrons. The fraction of sp³-hybridized carbons (Fsp3) is 0.533. The summed E-state index contributed by atoms with van der Waals surface area (Å²) in [5.41, 5.74) is 0.542. The maximum Gasteiger partial charge on any atom is 0.285 e. The number of nitrogens with one attached hydrogen (secondary N) is 2. The summed E-state index contributed by atoms with van der Waals surface area (Å²) < 4.78 is 0. The van der Waals surface area contributed by atoms with Crippen molar-refractivity contribution in [2.24, 2.45) is 5.92 Å². The van der Waals surface area contributed by atoms with Gasteiger partial charge in [-0.25, -0.2) is 0 Å². The maximum atomic E-state index is 12.1. The Hall–Kier alpha value is -1.66. The van der Waals surface area contributed by atoms with Crippen molar-refractivity contribution in [3.63, 3.8) is 0 Å². The van der Waals surface area contributed by atoms with Crippen LogP contribution in [0.2, 0.25) is 0 Å². The van der Waals surface area contributed by atoms with E-state index in [0.29, 0.717) is 18.0 Å². The average Bonchev–Trinajstić information content (AvgIpc) is 2.47. The van der Waals surface area contributed by atoms with E-state index in [1.807, 2.05) is 0 Å². The summed E-state index contributed by atoms with van der Waals surface area (Å²) in [7, 11) is 0. The fourth-order valence-corrected chi connectivity index (χ4v) is 2.74. The molecule has 6 nitrogen and oxygen atoms in total. The molecule has 0 aromatic heterocycles. The highest BCUT2D eigenvalue weighted by Gasteiger charge is 2.22. The molecule has 0 aliphatic carbocycles. The first-order valence-electron chi connectivity index (χ1n) is 7.32. The van der Waals surface area contributed by atoms with E-state index in [0.717, 1.165) is 19.5 Å². The van der Waals surface area contributed by atoms with Gasteiger partial charge in [0.25, 0.3) is 11.6 Å². The van der Waals surface area contributed by atoms with Gasteiger partial charge in [-0.05, 0) is 51.3 Å². The number of hydrogen-bond acceptors (Lipinski definition) is 4. The molecule has 2 N–H and O–H groups in total. The molecule has 2 rings (SSSR count). The van der Waals surface area contributed by atoms with Gasteiger partial charge in [-0.2, -0.15) is 0 Å². The summed E-state index contributed by atoms with van der Waals surface area (Å²) >= 11 is 0. The number of hydrogen-bond donors (Lipinski definition) is 2. The van der Waals surface area contributed by atoms with E-state index in [-0.39, 0.29) is 29.6 Å². The Labute approximate surface area is 136 Å². The lowest BCUT2D eigenvalue weighted by atomic mass is 9.96. The van der Waals surface area contributed by atoms with Crippen molar-refractivity contribution in [2.75, 3.05) is 19.6 Å². The summed E-state index contributed by atoms with van der Waals surface area (Å²) in [5, 5.41) is 17.2. The SMILES string of the molecule is Cc1cccc(C(=O)NCCC2CCCNC2)c1[N+](=O)[O-].Cl. The first-order chi connectivity index (χ1) is 10.1. The number of amides is 1. The number of nitrogens with zero attached hydrogens (tertiary/aromatic N) is 1. The number of piperidine rings is 1. The lowest BCUT2D eigenvalue weighted by molar-refractivity contribution is -0.385. The van der Waals surface area contributed by atoms with Gasteiger partial charge in [0, 0.05) is 12.1 Å². The molecule has 1 aromatic rings. The molecule has 22 heavy (non-hydrogen) atoms. The number of benzene rings is 1. The number of para-hydroxylation sites is 1. The molecule has 1 aliphatic rings. The van der Waals surface area contributed by atoms with Crippen LogP contribution in [0.5, 0.6) is 0 Å². The van der Waals surface area contributed by atoms with Crippen molar-refractivity contribution in [1.82, 2.24) is 10.6 Å². The van der Waals surface area contributed by atoms with E-state index in [1.54, 1.807) is 19.1 Å². The number of rotatable bonds is 5. The lowest BCUT2D eigenvalue weighted by Crippen LogP contribution is -2.33. The molecule has 1 amide bonds. The maximum absolute atomic E-state index is 12.1. The molecular weight excluding hydrogens is 306 g/mol. The van der Waals surface area contributed by atoms with E-state index >= 15 is 0 Å². The number of nitro groups is 1. The first-order valence-corrected chi connectivity index (χ1v) is 7.32. The molecule has 0 spiro atoms. The minimum absolute atomic E-state index is 0. The number of aryl methyl sites for hydroxylation is 1. The van der Waals surface area contributed by atoms with Crippen LogP contribution in [0.25, 0.3) is 0 Å². The second-order valence-electron chi connectivity index (χ2n) is 5.49. The minimum Gasteiger partial charge on any atom is -0.352 e. The molecule has 0 bridgehead atoms. The zero-order valence-electron chi connectivity index (χ0n) is 12.6. The van der Waals surface area contributed by atoms with Crippen molar-refractivity contribution >= 4 is 24.0 Å². The quantitative estimate of drug-likeness (QED) is 0.642. The van der Waals surface area contributed by atoms with Gasteiger partial charge in [0.15, 0.2) is 0 Å². The molecule has 1 aliphatic heterocycles. The Morgan fingerprint density at radius 3 is 2.91 bits per heavy atom. The first kappa shape index (κ1) is 18.4. The number of carbonyl (C=O) groups is 1. The minimum atomic E-state index is -0.491. The van der Waals surface area contributed by atoms with E-state index in [4.69, 9.17) is 0 Å². The molecule has 1 aromatic carbocycles. The van der Waals surface area contributed by atoms with Crippen LogP contribution < -0.4 is 10.6 Å². The second kappa shape index (κ2) is 8.70. The summed E-state index contributed by atoms with van der Waals surface area (Å²) in [5.74, 6) is 0.209. The zero-order chi connectivity index (χ0) is 15.2. The Bertz CT molecular complexity index is 531. The van der Waals surface area contributed by atoms with Crippen molar-refractivity contribution in [3.8, 4) is 0 Å². The van der Waals surface area contributed by atoms with E-state index in [2.05, 4.69) is 10.6 Å². The van der Waals surface area contributed by atoms with Crippen LogP contribution in [0.15, 0.2) is 18.2 Å². The van der Waals surface area contributed by atoms with Gasteiger partial charge in [-0.3, -0.25) is 14.9 Å². The van der Waals surface area contributed by atoms with Gasteiger partial charge in [0.2, 0.25) is 0 Å². The molecule has 1 heterocycles. The second-order valence-corrected chi connectivity index (χ2v) is 5.49. The van der Waals surface area contributed by atoms with Crippen LogP contribution >= 0.6 is 12.4 Å². The molecule has 0 radical (unpaired) electrons. The Balaban J connectivity index is 0.00000242. The summed E-state index contributed by atoms with van der Waals surface area (Å²) in [6.07, 6.45) is 3.24. The van der Waals surface area contributed by atoms with Crippen molar-refractivity contribution in [3.05, 3.63) is 39.4 Å². The highest BCUT2D eigenvalue weighted by molar-refractivity contribution is 5.98. The summed E-state index contributed by atoms with van der Waals surface area (Å²) in [6.45, 7) is 4.25. The van der Waals surface area contributed by atoms with Gasteiger partial charge in [0.05, 0.1) is 4.92 Å². The Morgan fingerprint density at radius 1 is 1.50 bits per heavy atom. The predicted molar refractivity (Wildman–Crippen MR) is 87.6 cm³/mol. The van der Waals surface area contributed by atoms with Crippen LogP contribution in [0, 0.1) is 23.0 Å². The van der Waals surface area contributed by atoms with Crippen LogP contribution in [0.4, 0.5) is 5.69 Å². The predicted octanol–water partition coefficient (Wildman–Crippen LogP) is 2.44. The van der Waals surface area contributed by atoms with E-state index in [9.17, 15) is 14.9 Å². The van der Waals surface area contributed by atoms with Gasteiger partial charge >= 0.3 is 0 Å². The lowest BCUT2D eigenvalue weighted by Gasteiger charge is -2.22. The van der Waals surface area contributed by atoms with Gasteiger partial charge < -0.3 is 10.6 Å². The van der Waals surface area contributed by atoms with Gasteiger partial charge in [-0.15, -0.1) is 12.4 Å². The largest absolute Gasteiger partial charge is 0.352 e. The summed E-state index contributed by atoms with van der Waals surface area (Å²) in [6, 6.07) is 4.81. The van der Waals surface area contributed by atoms with Crippen molar-refractivity contribution in [2.45, 2.75) is 26.2 Å². The third kappa shape index (κ3) is 4.68. The fourth-order valence-electron chi connectivity index (χ4n) is 2.74. The number of carbonyl (C=O) groups excluding carboxylic acids is 1. The normalized spacial score (nSPS) is 17.4. The van der Waals surface area contributed by atoms with Crippen LogP contribution in [0.3, 0.4) is 0 Å². The van der Waals surface area contributed by atoms with E-state index in [1.165, 1.54) is 18.9 Å². The topological polar surface area (TPSA) is 84.3 Å². The van der Waals surface area contributed by atoms with Gasteiger partial charge in [-0.1, -0.05) is 12.1 Å². The molecule has 1 saturated heterocycles. The average molecular weight is 328 g/mol. The van der Waals surface area contributed by atoms with Gasteiger partial charge in [0.1, 0.15) is 5.56 Å². The Kier molecular flexibility index (Phi) is 7.27. The van der Waals surface area contributed by atoms with Crippen LogP contribution in [-0.2, 0) is 0 Å². The third-order valence-corrected chi connectivity index (χ3v) is 3.90. The van der Waals surface area contributed by atoms with Crippen molar-refractivity contribution in [1.29, 1.82) is 0 Å². The smallest absolute Gasteiger partial charge is 0.285 e. The van der Waals surface area contributed by atoms with Crippen molar-refractivity contribution < 1.29 is 9.72 Å². The molecule has 0 saturated carbocycles. The summed E-state index contributed by atoms with van der Waals surface area (Å²) in [4.78, 5) is 22.7. The molecular formula is C15H22ClN3O3. The van der Waals surface area contributed by atoms with Crippen LogP contribution in [-0.4, -0.2) is 30.5 Å². The molecule has 1 unspecified atom stereocenters. The molecule has 7 heteroatoms. The number of halogens is 1.